The number of aromatic nitrogens is 1. The minimum Gasteiger partial charge on any atom is -0.477 e. The summed E-state index contributed by atoms with van der Waals surface area (Å²) in [4.78, 5) is 16.9. The van der Waals surface area contributed by atoms with E-state index >= 15 is 0 Å². The summed E-state index contributed by atoms with van der Waals surface area (Å²) in [5, 5.41) is 9.99. The maximum absolute atomic E-state index is 12.8. The van der Waals surface area contributed by atoms with Crippen molar-refractivity contribution >= 4 is 38.2 Å². The van der Waals surface area contributed by atoms with Crippen LogP contribution in [0.15, 0.2) is 46.5 Å². The molecule has 1 aromatic carbocycles. The van der Waals surface area contributed by atoms with Crippen LogP contribution in [-0.4, -0.2) is 20.3 Å². The topological polar surface area (TPSA) is 67.3 Å². The van der Waals surface area contributed by atoms with Gasteiger partial charge in [0, 0.05) is 22.7 Å². The van der Waals surface area contributed by atoms with Crippen molar-refractivity contribution in [1.82, 2.24) is 4.98 Å². The first-order valence-corrected chi connectivity index (χ1v) is 8.54. The van der Waals surface area contributed by atoms with Crippen LogP contribution in [-0.2, 0) is 10.8 Å². The largest absolute Gasteiger partial charge is 0.477 e. The zero-order chi connectivity index (χ0) is 15.9. The number of hydrogen-bond donors (Lipinski definition) is 1. The number of pyridine rings is 1. The van der Waals surface area contributed by atoms with Gasteiger partial charge in [-0.25, -0.2) is 9.00 Å². The summed E-state index contributed by atoms with van der Waals surface area (Å²) in [7, 11) is -1.39. The number of benzene rings is 1. The Morgan fingerprint density at radius 3 is 2.50 bits per heavy atom. The van der Waals surface area contributed by atoms with Crippen LogP contribution in [0.2, 0.25) is 0 Å². The van der Waals surface area contributed by atoms with E-state index in [1.165, 1.54) is 0 Å². The Morgan fingerprint density at radius 1 is 1.18 bits per heavy atom. The second-order valence-electron chi connectivity index (χ2n) is 4.95. The lowest BCUT2D eigenvalue weighted by atomic mass is 10.2. The molecule has 0 saturated carbocycles. The fraction of sp³-hybridized carbons (Fsp3) is 0.125. The van der Waals surface area contributed by atoms with Crippen molar-refractivity contribution < 1.29 is 14.1 Å². The van der Waals surface area contributed by atoms with Crippen molar-refractivity contribution in [2.24, 2.45) is 0 Å². The van der Waals surface area contributed by atoms with Crippen LogP contribution in [0.4, 0.5) is 0 Å². The molecule has 2 aromatic heterocycles. The standard InChI is InChI=1S/C16H13NO3S2/c1-9-3-5-11(6-4-9)22(20)13-8-17-7-12-14(13)10(2)15(21-12)16(18)19/h3-8H,1-2H3,(H,18,19). The third-order valence-corrected chi connectivity index (χ3v) is 6.06. The van der Waals surface area contributed by atoms with Gasteiger partial charge in [0.05, 0.1) is 20.4 Å². The highest BCUT2D eigenvalue weighted by atomic mass is 32.2. The summed E-state index contributed by atoms with van der Waals surface area (Å²) in [5.41, 5.74) is 1.74. The van der Waals surface area contributed by atoms with E-state index in [0.29, 0.717) is 15.4 Å². The van der Waals surface area contributed by atoms with Crippen molar-refractivity contribution in [3.63, 3.8) is 0 Å². The van der Waals surface area contributed by atoms with Gasteiger partial charge >= 0.3 is 5.97 Å². The number of hydrogen-bond acceptors (Lipinski definition) is 4. The highest BCUT2D eigenvalue weighted by Crippen LogP contribution is 2.35. The first-order chi connectivity index (χ1) is 10.5. The van der Waals surface area contributed by atoms with E-state index in [1.807, 2.05) is 31.2 Å². The van der Waals surface area contributed by atoms with Gasteiger partial charge in [0.15, 0.2) is 0 Å². The molecule has 22 heavy (non-hydrogen) atoms. The summed E-state index contributed by atoms with van der Waals surface area (Å²) < 4.78 is 13.6. The van der Waals surface area contributed by atoms with Crippen LogP contribution in [0, 0.1) is 13.8 Å². The molecule has 0 saturated heterocycles. The van der Waals surface area contributed by atoms with E-state index in [-0.39, 0.29) is 4.88 Å². The Morgan fingerprint density at radius 2 is 1.86 bits per heavy atom. The average Bonchev–Trinajstić information content (AvgIpc) is 2.85. The van der Waals surface area contributed by atoms with Gasteiger partial charge in [-0.15, -0.1) is 11.3 Å². The summed E-state index contributed by atoms with van der Waals surface area (Å²) in [6.45, 7) is 3.72. The lowest BCUT2D eigenvalue weighted by Gasteiger charge is -2.05. The second-order valence-corrected chi connectivity index (χ2v) is 7.45. The molecule has 0 amide bonds. The molecule has 2 heterocycles. The molecule has 1 N–H and O–H groups in total. The SMILES string of the molecule is Cc1ccc(S(=O)c2cncc3sc(C(=O)O)c(C)c23)cc1. The van der Waals surface area contributed by atoms with E-state index in [9.17, 15) is 14.1 Å². The first-order valence-electron chi connectivity index (χ1n) is 6.58. The Kier molecular flexibility index (Phi) is 3.80. The maximum atomic E-state index is 12.8. The smallest absolute Gasteiger partial charge is 0.346 e. The summed E-state index contributed by atoms with van der Waals surface area (Å²) >= 11 is 1.16. The summed E-state index contributed by atoms with van der Waals surface area (Å²) in [6, 6.07) is 7.46. The number of aryl methyl sites for hydroxylation is 2. The number of carboxylic acids is 1. The zero-order valence-electron chi connectivity index (χ0n) is 12.0. The molecule has 0 bridgehead atoms. The summed E-state index contributed by atoms with van der Waals surface area (Å²) in [5.74, 6) is -0.967. The molecule has 0 aliphatic heterocycles. The Balaban J connectivity index is 2.20. The fourth-order valence-corrected chi connectivity index (χ4v) is 4.65. The predicted octanol–water partition coefficient (Wildman–Crippen LogP) is 3.78. The first kappa shape index (κ1) is 14.9. The normalized spacial score (nSPS) is 12.5. The number of rotatable bonds is 3. The minimum atomic E-state index is -1.39. The minimum absolute atomic E-state index is 0.269. The van der Waals surface area contributed by atoms with E-state index in [4.69, 9.17) is 0 Å². The molecule has 1 unspecified atom stereocenters. The lowest BCUT2D eigenvalue weighted by Crippen LogP contribution is -1.97. The fourth-order valence-electron chi connectivity index (χ4n) is 2.30. The highest BCUT2D eigenvalue weighted by Gasteiger charge is 2.20. The van der Waals surface area contributed by atoms with Crippen molar-refractivity contribution in [3.8, 4) is 0 Å². The predicted molar refractivity (Wildman–Crippen MR) is 87.2 cm³/mol. The monoisotopic (exact) mass is 331 g/mol. The van der Waals surface area contributed by atoms with Crippen LogP contribution in [0.25, 0.3) is 10.1 Å². The third-order valence-electron chi connectivity index (χ3n) is 3.43. The van der Waals surface area contributed by atoms with Gasteiger partial charge in [0.2, 0.25) is 0 Å². The van der Waals surface area contributed by atoms with Gasteiger partial charge in [0.1, 0.15) is 4.88 Å². The number of fused-ring (bicyclic) bond motifs is 1. The molecule has 3 aromatic rings. The lowest BCUT2D eigenvalue weighted by molar-refractivity contribution is 0.0701. The Bertz CT molecular complexity index is 898. The van der Waals surface area contributed by atoms with E-state index in [0.717, 1.165) is 27.0 Å². The molecule has 0 fully saturated rings. The second kappa shape index (κ2) is 5.62. The van der Waals surface area contributed by atoms with Crippen molar-refractivity contribution in [1.29, 1.82) is 0 Å². The molecule has 1 atom stereocenters. The maximum Gasteiger partial charge on any atom is 0.346 e. The number of aromatic carboxylic acids is 1. The quantitative estimate of drug-likeness (QED) is 0.793. The van der Waals surface area contributed by atoms with Crippen LogP contribution < -0.4 is 0 Å². The van der Waals surface area contributed by atoms with Crippen molar-refractivity contribution in [3.05, 3.63) is 52.7 Å². The highest BCUT2D eigenvalue weighted by molar-refractivity contribution is 7.85. The summed E-state index contributed by atoms with van der Waals surface area (Å²) in [6.07, 6.45) is 3.18. The Labute approximate surface area is 133 Å². The zero-order valence-corrected chi connectivity index (χ0v) is 13.6. The molecule has 4 nitrogen and oxygen atoms in total. The van der Waals surface area contributed by atoms with Crippen molar-refractivity contribution in [2.75, 3.05) is 0 Å². The van der Waals surface area contributed by atoms with Crippen LogP contribution in [0.3, 0.4) is 0 Å². The average molecular weight is 331 g/mol. The number of carbonyl (C=O) groups is 1. The molecular formula is C16H13NO3S2. The van der Waals surface area contributed by atoms with E-state index in [2.05, 4.69) is 4.98 Å². The molecule has 3 rings (SSSR count). The Hall–Kier alpha value is -2.05. The molecule has 0 aliphatic rings. The van der Waals surface area contributed by atoms with Gasteiger partial charge in [-0.05, 0) is 31.5 Å². The third kappa shape index (κ3) is 2.44. The van der Waals surface area contributed by atoms with E-state index in [1.54, 1.807) is 19.3 Å². The van der Waals surface area contributed by atoms with Gasteiger partial charge in [0.25, 0.3) is 0 Å². The number of thiophene rings is 1. The van der Waals surface area contributed by atoms with Gasteiger partial charge in [-0.2, -0.15) is 0 Å². The molecule has 6 heteroatoms. The van der Waals surface area contributed by atoms with Gasteiger partial charge in [-0.3, -0.25) is 4.98 Å². The van der Waals surface area contributed by atoms with Crippen LogP contribution in [0.5, 0.6) is 0 Å². The van der Waals surface area contributed by atoms with Gasteiger partial charge in [-0.1, -0.05) is 17.7 Å². The molecule has 112 valence electrons. The molecule has 0 spiro atoms. The van der Waals surface area contributed by atoms with Crippen LogP contribution >= 0.6 is 11.3 Å². The van der Waals surface area contributed by atoms with Crippen LogP contribution in [0.1, 0.15) is 20.8 Å². The number of carboxylic acid groups (broad SMARTS) is 1. The molecular weight excluding hydrogens is 318 g/mol. The van der Waals surface area contributed by atoms with Crippen molar-refractivity contribution in [2.45, 2.75) is 23.6 Å². The van der Waals surface area contributed by atoms with E-state index < -0.39 is 16.8 Å². The van der Waals surface area contributed by atoms with Gasteiger partial charge < -0.3 is 5.11 Å². The molecule has 0 radical (unpaired) electrons. The molecule has 0 aliphatic carbocycles. The number of nitrogens with zero attached hydrogens (tertiary/aromatic N) is 1.